The molecule has 0 saturated carbocycles. The number of benzene rings is 2. The van der Waals surface area contributed by atoms with Crippen LogP contribution in [0.15, 0.2) is 30.3 Å². The van der Waals surface area contributed by atoms with Gasteiger partial charge in [-0.1, -0.05) is 12.1 Å². The second-order valence-electron chi connectivity index (χ2n) is 3.22. The number of fused-ring (bicyclic) bond motifs is 1. The van der Waals surface area contributed by atoms with Crippen LogP contribution in [0.5, 0.6) is 0 Å². The Bertz CT molecular complexity index is 547. The van der Waals surface area contributed by atoms with E-state index >= 15 is 0 Å². The molecule has 15 heavy (non-hydrogen) atoms. The van der Waals surface area contributed by atoms with E-state index in [4.69, 9.17) is 0 Å². The van der Waals surface area contributed by atoms with Crippen molar-refractivity contribution in [3.63, 3.8) is 0 Å². The zero-order valence-corrected chi connectivity index (χ0v) is 7.74. The minimum Gasteiger partial charge on any atom is -0.298 e. The minimum absolute atomic E-state index is 0.291. The topological polar surface area (TPSA) is 34.1 Å². The standard InChI is InChI=1S/C12H7FO2/c13-12-5-9(7-15)3-10-2-1-8(6-14)4-11(10)12/h1-7H. The van der Waals surface area contributed by atoms with Crippen LogP contribution in [0.1, 0.15) is 20.7 Å². The summed E-state index contributed by atoms with van der Waals surface area (Å²) in [6, 6.07) is 7.41. The smallest absolute Gasteiger partial charge is 0.150 e. The fourth-order valence-corrected chi connectivity index (χ4v) is 1.49. The van der Waals surface area contributed by atoms with Gasteiger partial charge in [0.25, 0.3) is 0 Å². The van der Waals surface area contributed by atoms with Crippen LogP contribution < -0.4 is 0 Å². The summed E-state index contributed by atoms with van der Waals surface area (Å²) in [7, 11) is 0. The molecule has 74 valence electrons. The molecular formula is C12H7FO2. The molecule has 0 atom stereocenters. The molecule has 2 aromatic carbocycles. The third-order valence-corrected chi connectivity index (χ3v) is 2.22. The molecule has 0 aliphatic heterocycles. The van der Waals surface area contributed by atoms with Gasteiger partial charge in [-0.3, -0.25) is 9.59 Å². The lowest BCUT2D eigenvalue weighted by Gasteiger charge is -2.01. The van der Waals surface area contributed by atoms with Crippen molar-refractivity contribution in [2.24, 2.45) is 0 Å². The first-order valence-corrected chi connectivity index (χ1v) is 4.38. The highest BCUT2D eigenvalue weighted by molar-refractivity contribution is 5.92. The monoisotopic (exact) mass is 202 g/mol. The second-order valence-corrected chi connectivity index (χ2v) is 3.22. The Kier molecular flexibility index (Phi) is 2.29. The zero-order chi connectivity index (χ0) is 10.8. The SMILES string of the molecule is O=Cc1cc(F)c2cc(C=O)ccc2c1. The van der Waals surface area contributed by atoms with Crippen LogP contribution in [0, 0.1) is 5.82 Å². The van der Waals surface area contributed by atoms with Crippen LogP contribution in [-0.4, -0.2) is 12.6 Å². The van der Waals surface area contributed by atoms with Gasteiger partial charge in [0, 0.05) is 16.5 Å². The first kappa shape index (κ1) is 9.52. The quantitative estimate of drug-likeness (QED) is 0.701. The molecule has 0 aromatic heterocycles. The summed E-state index contributed by atoms with van der Waals surface area (Å²) < 4.78 is 13.5. The number of rotatable bonds is 2. The normalized spacial score (nSPS) is 10.2. The van der Waals surface area contributed by atoms with Crippen molar-refractivity contribution in [2.75, 3.05) is 0 Å². The Labute approximate surface area is 85.3 Å². The maximum absolute atomic E-state index is 13.5. The number of carbonyl (C=O) groups is 2. The van der Waals surface area contributed by atoms with E-state index in [9.17, 15) is 14.0 Å². The molecule has 2 nitrogen and oxygen atoms in total. The lowest BCUT2D eigenvalue weighted by atomic mass is 10.0. The minimum atomic E-state index is -0.488. The van der Waals surface area contributed by atoms with Crippen molar-refractivity contribution < 1.29 is 14.0 Å². The van der Waals surface area contributed by atoms with Gasteiger partial charge >= 0.3 is 0 Å². The van der Waals surface area contributed by atoms with Gasteiger partial charge in [-0.05, 0) is 23.6 Å². The molecule has 0 N–H and O–H groups in total. The van der Waals surface area contributed by atoms with Gasteiger partial charge in [-0.15, -0.1) is 0 Å². The average molecular weight is 202 g/mol. The van der Waals surface area contributed by atoms with Crippen LogP contribution in [0.3, 0.4) is 0 Å². The fourth-order valence-electron chi connectivity index (χ4n) is 1.49. The summed E-state index contributed by atoms with van der Waals surface area (Å²) >= 11 is 0. The Morgan fingerprint density at radius 2 is 1.67 bits per heavy atom. The molecule has 0 saturated heterocycles. The average Bonchev–Trinajstić information content (AvgIpc) is 2.28. The van der Waals surface area contributed by atoms with Gasteiger partial charge in [0.1, 0.15) is 18.4 Å². The third kappa shape index (κ3) is 1.64. The maximum atomic E-state index is 13.5. The number of aldehydes is 2. The lowest BCUT2D eigenvalue weighted by Crippen LogP contribution is -1.87. The van der Waals surface area contributed by atoms with Crippen LogP contribution in [0.2, 0.25) is 0 Å². The lowest BCUT2D eigenvalue weighted by molar-refractivity contribution is 0.111. The van der Waals surface area contributed by atoms with Gasteiger partial charge in [-0.2, -0.15) is 0 Å². The van der Waals surface area contributed by atoms with Crippen molar-refractivity contribution >= 4 is 23.3 Å². The first-order chi connectivity index (χ1) is 7.24. The number of halogens is 1. The van der Waals surface area contributed by atoms with Crippen molar-refractivity contribution in [3.8, 4) is 0 Å². The van der Waals surface area contributed by atoms with Gasteiger partial charge in [0.2, 0.25) is 0 Å². The Balaban J connectivity index is 2.78. The van der Waals surface area contributed by atoms with Gasteiger partial charge in [0.15, 0.2) is 0 Å². The predicted octanol–water partition coefficient (Wildman–Crippen LogP) is 2.60. The molecule has 0 amide bonds. The highest BCUT2D eigenvalue weighted by Gasteiger charge is 2.04. The first-order valence-electron chi connectivity index (χ1n) is 4.38. The second kappa shape index (κ2) is 3.61. The van der Waals surface area contributed by atoms with Crippen molar-refractivity contribution in [3.05, 3.63) is 47.3 Å². The van der Waals surface area contributed by atoms with Crippen LogP contribution in [0.4, 0.5) is 4.39 Å². The summed E-state index contributed by atoms with van der Waals surface area (Å²) in [4.78, 5) is 21.0. The molecule has 0 radical (unpaired) electrons. The summed E-state index contributed by atoms with van der Waals surface area (Å²) in [5.41, 5.74) is 0.708. The van der Waals surface area contributed by atoms with E-state index in [1.807, 2.05) is 0 Å². The number of hydrogen-bond donors (Lipinski definition) is 0. The summed E-state index contributed by atoms with van der Waals surface area (Å²) in [5.74, 6) is -0.488. The predicted molar refractivity (Wildman–Crippen MR) is 54.7 cm³/mol. The highest BCUT2D eigenvalue weighted by Crippen LogP contribution is 2.20. The molecule has 0 unspecified atom stereocenters. The highest BCUT2D eigenvalue weighted by atomic mass is 19.1. The van der Waals surface area contributed by atoms with Crippen molar-refractivity contribution in [1.29, 1.82) is 0 Å². The van der Waals surface area contributed by atoms with Gasteiger partial charge < -0.3 is 0 Å². The Hall–Kier alpha value is -2.03. The van der Waals surface area contributed by atoms with E-state index in [-0.39, 0.29) is 0 Å². The van der Waals surface area contributed by atoms with E-state index < -0.39 is 5.82 Å². The van der Waals surface area contributed by atoms with Crippen molar-refractivity contribution in [2.45, 2.75) is 0 Å². The Morgan fingerprint density at radius 1 is 0.933 bits per heavy atom. The summed E-state index contributed by atoms with van der Waals surface area (Å²) in [6.07, 6.45) is 1.25. The number of hydrogen-bond acceptors (Lipinski definition) is 2. The molecule has 0 heterocycles. The molecular weight excluding hydrogens is 195 g/mol. The molecule has 0 fully saturated rings. The molecule has 0 aliphatic rings. The van der Waals surface area contributed by atoms with Crippen molar-refractivity contribution in [1.82, 2.24) is 0 Å². The Morgan fingerprint density at radius 3 is 2.33 bits per heavy atom. The van der Waals surface area contributed by atoms with E-state index in [1.165, 1.54) is 6.07 Å². The molecule has 3 heteroatoms. The molecule has 0 bridgehead atoms. The van der Waals surface area contributed by atoms with Gasteiger partial charge in [0.05, 0.1) is 0 Å². The van der Waals surface area contributed by atoms with Crippen LogP contribution in [0.25, 0.3) is 10.8 Å². The van der Waals surface area contributed by atoms with Gasteiger partial charge in [-0.25, -0.2) is 4.39 Å². The number of carbonyl (C=O) groups excluding carboxylic acids is 2. The van der Waals surface area contributed by atoms with E-state index in [0.29, 0.717) is 34.5 Å². The molecule has 0 aliphatic carbocycles. The van der Waals surface area contributed by atoms with E-state index in [1.54, 1.807) is 18.2 Å². The zero-order valence-electron chi connectivity index (χ0n) is 7.74. The maximum Gasteiger partial charge on any atom is 0.150 e. The van der Waals surface area contributed by atoms with E-state index in [2.05, 4.69) is 0 Å². The van der Waals surface area contributed by atoms with E-state index in [0.717, 1.165) is 6.07 Å². The molecule has 0 spiro atoms. The molecule has 2 aromatic rings. The van der Waals surface area contributed by atoms with Crippen LogP contribution in [-0.2, 0) is 0 Å². The largest absolute Gasteiger partial charge is 0.298 e. The molecule has 2 rings (SSSR count). The fraction of sp³-hybridized carbons (Fsp3) is 0. The third-order valence-electron chi connectivity index (χ3n) is 2.22. The summed E-state index contributed by atoms with van der Waals surface area (Å²) in [6.45, 7) is 0. The van der Waals surface area contributed by atoms with Crippen LogP contribution >= 0.6 is 0 Å². The summed E-state index contributed by atoms with van der Waals surface area (Å²) in [5, 5.41) is 0.966.